The molecule has 1 amide bonds. The molecule has 3 aromatic rings. The van der Waals surface area contributed by atoms with Crippen LogP contribution in [-0.2, 0) is 16.1 Å². The van der Waals surface area contributed by atoms with Gasteiger partial charge >= 0.3 is 0 Å². The van der Waals surface area contributed by atoms with Crippen LogP contribution in [0.25, 0.3) is 5.65 Å². The first-order chi connectivity index (χ1) is 14.2. The summed E-state index contributed by atoms with van der Waals surface area (Å²) in [5, 5.41) is 10.1. The van der Waals surface area contributed by atoms with E-state index in [9.17, 15) is 13.6 Å². The largest absolute Gasteiger partial charge is 0.378 e. The fraction of sp³-hybridized carbons (Fsp3) is 0.350. The SMILES string of the molecule is CNC(=O)C1(C)C(c2ccc(Nc3cnc4cc(Cl)nn4c3COC)cc2)C1(F)F. The monoisotopic (exact) mass is 435 g/mol. The fourth-order valence-corrected chi connectivity index (χ4v) is 4.04. The van der Waals surface area contributed by atoms with E-state index in [2.05, 4.69) is 20.7 Å². The number of nitrogens with zero attached hydrogens (tertiary/aromatic N) is 3. The van der Waals surface area contributed by atoms with Gasteiger partial charge < -0.3 is 15.4 Å². The van der Waals surface area contributed by atoms with E-state index in [1.165, 1.54) is 14.0 Å². The van der Waals surface area contributed by atoms with Gasteiger partial charge in [0.05, 0.1) is 30.1 Å². The highest BCUT2D eigenvalue weighted by Crippen LogP contribution is 2.71. The third kappa shape index (κ3) is 3.00. The van der Waals surface area contributed by atoms with Gasteiger partial charge in [0.15, 0.2) is 10.8 Å². The molecule has 1 fully saturated rings. The van der Waals surface area contributed by atoms with Crippen LogP contribution in [0.3, 0.4) is 0 Å². The van der Waals surface area contributed by atoms with Crippen molar-refractivity contribution in [3.63, 3.8) is 0 Å². The molecule has 10 heteroatoms. The Kier molecular flexibility index (Phi) is 4.90. The summed E-state index contributed by atoms with van der Waals surface area (Å²) >= 11 is 5.98. The number of fused-ring (bicyclic) bond motifs is 1. The van der Waals surface area contributed by atoms with Gasteiger partial charge in [-0.15, -0.1) is 0 Å². The number of alkyl halides is 2. The number of aromatic nitrogens is 3. The summed E-state index contributed by atoms with van der Waals surface area (Å²) in [6.07, 6.45) is 1.63. The maximum absolute atomic E-state index is 14.4. The predicted molar refractivity (Wildman–Crippen MR) is 108 cm³/mol. The average Bonchev–Trinajstić information content (AvgIpc) is 2.98. The molecule has 1 aromatic carbocycles. The van der Waals surface area contributed by atoms with Crippen molar-refractivity contribution in [3.05, 3.63) is 52.9 Å². The second-order valence-corrected chi connectivity index (χ2v) is 7.76. The molecule has 2 N–H and O–H groups in total. The van der Waals surface area contributed by atoms with Crippen LogP contribution in [0.2, 0.25) is 5.15 Å². The summed E-state index contributed by atoms with van der Waals surface area (Å²) in [5.74, 6) is -4.92. The summed E-state index contributed by atoms with van der Waals surface area (Å²) in [4.78, 5) is 16.3. The summed E-state index contributed by atoms with van der Waals surface area (Å²) < 4.78 is 35.6. The zero-order chi connectivity index (χ0) is 21.7. The van der Waals surface area contributed by atoms with Crippen molar-refractivity contribution >= 4 is 34.5 Å². The van der Waals surface area contributed by atoms with Gasteiger partial charge in [0.2, 0.25) is 5.91 Å². The molecule has 2 aromatic heterocycles. The number of carbonyl (C=O) groups is 1. The topological polar surface area (TPSA) is 80.5 Å². The molecular formula is C20H20ClF2N5O2. The second-order valence-electron chi connectivity index (χ2n) is 7.37. The van der Waals surface area contributed by atoms with E-state index >= 15 is 0 Å². The lowest BCUT2D eigenvalue weighted by Gasteiger charge is -2.13. The van der Waals surface area contributed by atoms with Crippen LogP contribution in [-0.4, -0.2) is 40.6 Å². The number of rotatable bonds is 6. The van der Waals surface area contributed by atoms with Gasteiger partial charge in [-0.05, 0) is 24.6 Å². The van der Waals surface area contributed by atoms with Crippen molar-refractivity contribution in [1.29, 1.82) is 0 Å². The molecule has 30 heavy (non-hydrogen) atoms. The number of nitrogens with one attached hydrogen (secondary N) is 2. The first kappa shape index (κ1) is 20.5. The molecule has 2 atom stereocenters. The molecule has 0 saturated heterocycles. The van der Waals surface area contributed by atoms with Crippen molar-refractivity contribution in [2.24, 2.45) is 5.41 Å². The maximum atomic E-state index is 14.4. The number of anilines is 2. The molecular weight excluding hydrogens is 416 g/mol. The van der Waals surface area contributed by atoms with Crippen LogP contribution < -0.4 is 10.6 Å². The molecule has 7 nitrogen and oxygen atoms in total. The van der Waals surface area contributed by atoms with Gasteiger partial charge in [0.1, 0.15) is 5.41 Å². The summed E-state index contributed by atoms with van der Waals surface area (Å²) in [6, 6.07) is 8.21. The van der Waals surface area contributed by atoms with Crippen molar-refractivity contribution in [1.82, 2.24) is 19.9 Å². The molecule has 0 spiro atoms. The minimum Gasteiger partial charge on any atom is -0.378 e. The zero-order valence-corrected chi connectivity index (χ0v) is 17.3. The molecule has 0 aliphatic heterocycles. The van der Waals surface area contributed by atoms with Crippen LogP contribution in [0.15, 0.2) is 36.5 Å². The Morgan fingerprint density at radius 2 is 2.03 bits per heavy atom. The number of carbonyl (C=O) groups excluding carboxylic acids is 1. The molecule has 1 aliphatic carbocycles. The summed E-state index contributed by atoms with van der Waals surface area (Å²) in [5.41, 5.74) is 1.26. The Hall–Kier alpha value is -2.78. The lowest BCUT2D eigenvalue weighted by Crippen LogP contribution is -2.31. The van der Waals surface area contributed by atoms with E-state index in [0.717, 1.165) is 0 Å². The lowest BCUT2D eigenvalue weighted by atomic mass is 10.00. The van der Waals surface area contributed by atoms with Crippen molar-refractivity contribution in [2.75, 3.05) is 19.5 Å². The molecule has 4 rings (SSSR count). The van der Waals surface area contributed by atoms with Crippen LogP contribution in [0, 0.1) is 5.41 Å². The van der Waals surface area contributed by atoms with Crippen LogP contribution >= 0.6 is 11.6 Å². The number of methoxy groups -OCH3 is 1. The van der Waals surface area contributed by atoms with Gasteiger partial charge in [-0.2, -0.15) is 5.10 Å². The maximum Gasteiger partial charge on any atom is 0.270 e. The van der Waals surface area contributed by atoms with Crippen molar-refractivity contribution in [3.8, 4) is 0 Å². The molecule has 0 bridgehead atoms. The van der Waals surface area contributed by atoms with Gasteiger partial charge in [-0.3, -0.25) is 4.79 Å². The smallest absolute Gasteiger partial charge is 0.270 e. The van der Waals surface area contributed by atoms with Gasteiger partial charge in [-0.25, -0.2) is 18.3 Å². The zero-order valence-electron chi connectivity index (χ0n) is 16.5. The minimum atomic E-state index is -3.10. The number of amides is 1. The molecule has 0 radical (unpaired) electrons. The first-order valence-corrected chi connectivity index (χ1v) is 9.61. The Balaban J connectivity index is 1.61. The number of hydrogen-bond donors (Lipinski definition) is 2. The Bertz CT molecular complexity index is 1120. The standard InChI is InChI=1S/C20H20ClF2N5O2/c1-19(18(29)24-2)17(20(19,22)23)11-4-6-12(7-5-11)26-13-9-25-16-8-15(21)27-28(16)14(13)10-30-3/h4-9,17,26H,10H2,1-3H3,(H,24,29). The van der Waals surface area contributed by atoms with E-state index in [1.54, 1.807) is 48.2 Å². The van der Waals surface area contributed by atoms with E-state index in [0.29, 0.717) is 33.4 Å². The predicted octanol–water partition coefficient (Wildman–Crippen LogP) is 3.76. The minimum absolute atomic E-state index is 0.260. The highest BCUT2D eigenvalue weighted by atomic mass is 35.5. The normalized spacial score (nSPS) is 22.1. The fourth-order valence-electron chi connectivity index (χ4n) is 3.86. The van der Waals surface area contributed by atoms with E-state index in [1.807, 2.05) is 0 Å². The highest BCUT2D eigenvalue weighted by molar-refractivity contribution is 6.29. The summed E-state index contributed by atoms with van der Waals surface area (Å²) in [6.45, 7) is 1.55. The number of hydrogen-bond acceptors (Lipinski definition) is 5. The molecule has 158 valence electrons. The molecule has 2 heterocycles. The van der Waals surface area contributed by atoms with Crippen LogP contribution in [0.1, 0.15) is 24.1 Å². The Labute approximate surface area is 176 Å². The Morgan fingerprint density at radius 3 is 2.67 bits per heavy atom. The van der Waals surface area contributed by atoms with Gasteiger partial charge in [-0.1, -0.05) is 23.7 Å². The van der Waals surface area contributed by atoms with E-state index < -0.39 is 23.2 Å². The number of benzene rings is 1. The quantitative estimate of drug-likeness (QED) is 0.616. The van der Waals surface area contributed by atoms with Crippen molar-refractivity contribution in [2.45, 2.75) is 25.4 Å². The van der Waals surface area contributed by atoms with E-state index in [4.69, 9.17) is 16.3 Å². The third-order valence-corrected chi connectivity index (χ3v) is 5.79. The van der Waals surface area contributed by atoms with E-state index in [-0.39, 0.29) is 6.61 Å². The lowest BCUT2D eigenvalue weighted by molar-refractivity contribution is -0.128. The first-order valence-electron chi connectivity index (χ1n) is 9.23. The number of ether oxygens (including phenoxy) is 1. The van der Waals surface area contributed by atoms with Crippen LogP contribution in [0.4, 0.5) is 20.2 Å². The van der Waals surface area contributed by atoms with Crippen molar-refractivity contribution < 1.29 is 18.3 Å². The van der Waals surface area contributed by atoms with Crippen LogP contribution in [0.5, 0.6) is 0 Å². The number of halogens is 3. The summed E-state index contributed by atoms with van der Waals surface area (Å²) in [7, 11) is 2.93. The highest BCUT2D eigenvalue weighted by Gasteiger charge is 2.82. The second kappa shape index (κ2) is 7.17. The third-order valence-electron chi connectivity index (χ3n) is 5.61. The molecule has 1 aliphatic rings. The average molecular weight is 436 g/mol. The molecule has 1 saturated carbocycles. The molecule has 2 unspecified atom stereocenters. The van der Waals surface area contributed by atoms with Gasteiger partial charge in [0, 0.05) is 25.9 Å². The van der Waals surface area contributed by atoms with Gasteiger partial charge in [0.25, 0.3) is 5.92 Å². The Morgan fingerprint density at radius 1 is 1.33 bits per heavy atom.